The van der Waals surface area contributed by atoms with Crippen LogP contribution in [0.3, 0.4) is 0 Å². The molecule has 0 spiro atoms. The van der Waals surface area contributed by atoms with Crippen molar-refractivity contribution in [3.05, 3.63) is 0 Å². The summed E-state index contributed by atoms with van der Waals surface area (Å²) in [6, 6.07) is 0. The van der Waals surface area contributed by atoms with Gasteiger partial charge in [0.15, 0.2) is 5.79 Å². The van der Waals surface area contributed by atoms with Crippen molar-refractivity contribution >= 4 is 5.97 Å². The summed E-state index contributed by atoms with van der Waals surface area (Å²) in [6.07, 6.45) is 0.764. The molecule has 0 aromatic heterocycles. The second kappa shape index (κ2) is 4.34. The van der Waals surface area contributed by atoms with Crippen LogP contribution in [-0.4, -0.2) is 29.1 Å². The van der Waals surface area contributed by atoms with E-state index in [0.717, 1.165) is 6.42 Å². The highest BCUT2D eigenvalue weighted by Crippen LogP contribution is 2.35. The minimum absolute atomic E-state index is 0.0681. The standard InChI is InChI=1S/C12H22O4/c1-8-6-7-15-12(5,14)9(8)10(13)16-11(2,3)4/h8-9,14H,6-7H2,1-5H3/t8-,9+,12?/m1/s1. The van der Waals surface area contributed by atoms with Crippen molar-refractivity contribution in [1.29, 1.82) is 0 Å². The van der Waals surface area contributed by atoms with Gasteiger partial charge in [-0.15, -0.1) is 0 Å². The number of esters is 1. The van der Waals surface area contributed by atoms with E-state index >= 15 is 0 Å². The summed E-state index contributed by atoms with van der Waals surface area (Å²) in [6.45, 7) is 9.38. The van der Waals surface area contributed by atoms with E-state index in [-0.39, 0.29) is 11.9 Å². The van der Waals surface area contributed by atoms with Crippen LogP contribution < -0.4 is 0 Å². The lowest BCUT2D eigenvalue weighted by Crippen LogP contribution is -2.51. The lowest BCUT2D eigenvalue weighted by atomic mass is 9.83. The van der Waals surface area contributed by atoms with E-state index < -0.39 is 17.3 Å². The van der Waals surface area contributed by atoms with Gasteiger partial charge in [0, 0.05) is 0 Å². The number of hydrogen-bond acceptors (Lipinski definition) is 4. The van der Waals surface area contributed by atoms with Crippen LogP contribution in [0, 0.1) is 11.8 Å². The van der Waals surface area contributed by atoms with Crippen molar-refractivity contribution in [1.82, 2.24) is 0 Å². The molecular formula is C12H22O4. The first-order chi connectivity index (χ1) is 7.13. The average Bonchev–Trinajstić information content (AvgIpc) is 1.97. The monoisotopic (exact) mass is 230 g/mol. The summed E-state index contributed by atoms with van der Waals surface area (Å²) in [4.78, 5) is 12.0. The molecule has 3 atom stereocenters. The number of hydrogen-bond donors (Lipinski definition) is 1. The molecule has 1 aliphatic heterocycles. The molecule has 16 heavy (non-hydrogen) atoms. The fourth-order valence-corrected chi connectivity index (χ4v) is 2.05. The summed E-state index contributed by atoms with van der Waals surface area (Å²) in [7, 11) is 0. The summed E-state index contributed by atoms with van der Waals surface area (Å²) >= 11 is 0. The smallest absolute Gasteiger partial charge is 0.315 e. The second-order valence-electron chi connectivity index (χ2n) is 5.68. The molecule has 1 rings (SSSR count). The molecule has 1 saturated heterocycles. The maximum absolute atomic E-state index is 12.0. The number of rotatable bonds is 1. The molecule has 0 bridgehead atoms. The van der Waals surface area contributed by atoms with E-state index in [1.807, 2.05) is 27.7 Å². The highest BCUT2D eigenvalue weighted by molar-refractivity contribution is 5.74. The zero-order valence-corrected chi connectivity index (χ0v) is 10.7. The molecule has 4 heteroatoms. The number of carbonyl (C=O) groups excluding carboxylic acids is 1. The number of aliphatic hydroxyl groups is 1. The van der Waals surface area contributed by atoms with Crippen molar-refractivity contribution in [3.8, 4) is 0 Å². The maximum atomic E-state index is 12.0. The van der Waals surface area contributed by atoms with Gasteiger partial charge in [-0.25, -0.2) is 0 Å². The molecule has 1 unspecified atom stereocenters. The van der Waals surface area contributed by atoms with Gasteiger partial charge in [-0.2, -0.15) is 0 Å². The van der Waals surface area contributed by atoms with Crippen LogP contribution >= 0.6 is 0 Å². The van der Waals surface area contributed by atoms with Crippen LogP contribution in [0.15, 0.2) is 0 Å². The Kier molecular flexibility index (Phi) is 3.65. The summed E-state index contributed by atoms with van der Waals surface area (Å²) in [5.41, 5.74) is -0.537. The van der Waals surface area contributed by atoms with Crippen molar-refractivity contribution in [2.45, 2.75) is 52.4 Å². The maximum Gasteiger partial charge on any atom is 0.315 e. The molecule has 0 radical (unpaired) electrons. The third-order valence-electron chi connectivity index (χ3n) is 2.77. The first kappa shape index (κ1) is 13.5. The molecule has 1 N–H and O–H groups in total. The second-order valence-corrected chi connectivity index (χ2v) is 5.68. The fraction of sp³-hybridized carbons (Fsp3) is 0.917. The van der Waals surface area contributed by atoms with Gasteiger partial charge in [0.1, 0.15) is 11.5 Å². The van der Waals surface area contributed by atoms with Gasteiger partial charge in [-0.3, -0.25) is 4.79 Å². The van der Waals surface area contributed by atoms with Gasteiger partial charge in [-0.05, 0) is 40.0 Å². The van der Waals surface area contributed by atoms with Crippen LogP contribution in [0.1, 0.15) is 41.0 Å². The molecular weight excluding hydrogens is 208 g/mol. The predicted molar refractivity (Wildman–Crippen MR) is 59.7 cm³/mol. The van der Waals surface area contributed by atoms with Crippen molar-refractivity contribution < 1.29 is 19.4 Å². The topological polar surface area (TPSA) is 55.8 Å². The minimum atomic E-state index is -1.42. The van der Waals surface area contributed by atoms with Crippen LogP contribution in [0.2, 0.25) is 0 Å². The van der Waals surface area contributed by atoms with Crippen molar-refractivity contribution in [3.63, 3.8) is 0 Å². The number of ether oxygens (including phenoxy) is 2. The summed E-state index contributed by atoms with van der Waals surface area (Å²) < 4.78 is 10.5. The van der Waals surface area contributed by atoms with E-state index in [2.05, 4.69) is 0 Å². The van der Waals surface area contributed by atoms with Gasteiger partial charge in [-0.1, -0.05) is 6.92 Å². The fourth-order valence-electron chi connectivity index (χ4n) is 2.05. The Morgan fingerprint density at radius 2 is 2.06 bits per heavy atom. The van der Waals surface area contributed by atoms with Gasteiger partial charge < -0.3 is 14.6 Å². The third-order valence-corrected chi connectivity index (χ3v) is 2.77. The van der Waals surface area contributed by atoms with Crippen LogP contribution in [-0.2, 0) is 14.3 Å². The SMILES string of the molecule is C[C@@H]1CCOC(C)(O)[C@@H]1C(=O)OC(C)(C)C. The number of carbonyl (C=O) groups is 1. The van der Waals surface area contributed by atoms with Gasteiger partial charge in [0.2, 0.25) is 0 Å². The molecule has 1 heterocycles. The molecule has 94 valence electrons. The van der Waals surface area contributed by atoms with Crippen molar-refractivity contribution in [2.24, 2.45) is 11.8 Å². The van der Waals surface area contributed by atoms with E-state index in [1.54, 1.807) is 0 Å². The Bertz CT molecular complexity index is 265. The predicted octanol–water partition coefficient (Wildman–Crippen LogP) is 1.71. The van der Waals surface area contributed by atoms with Gasteiger partial charge >= 0.3 is 5.97 Å². The zero-order valence-electron chi connectivity index (χ0n) is 10.7. The zero-order chi connectivity index (χ0) is 12.6. The molecule has 4 nitrogen and oxygen atoms in total. The summed E-state index contributed by atoms with van der Waals surface area (Å²) in [5, 5.41) is 10.0. The normalized spacial score (nSPS) is 35.9. The van der Waals surface area contributed by atoms with Crippen LogP contribution in [0.5, 0.6) is 0 Å². The Labute approximate surface area is 96.9 Å². The molecule has 1 aliphatic rings. The molecule has 0 amide bonds. The van der Waals surface area contributed by atoms with E-state index in [4.69, 9.17) is 9.47 Å². The van der Waals surface area contributed by atoms with Crippen LogP contribution in [0.4, 0.5) is 0 Å². The lowest BCUT2D eigenvalue weighted by molar-refractivity contribution is -0.261. The van der Waals surface area contributed by atoms with E-state index in [0.29, 0.717) is 6.61 Å². The van der Waals surface area contributed by atoms with Gasteiger partial charge in [0.25, 0.3) is 0 Å². The van der Waals surface area contributed by atoms with Crippen molar-refractivity contribution in [2.75, 3.05) is 6.61 Å². The van der Waals surface area contributed by atoms with E-state index in [9.17, 15) is 9.90 Å². The highest BCUT2D eigenvalue weighted by atomic mass is 16.6. The summed E-state index contributed by atoms with van der Waals surface area (Å²) in [5.74, 6) is -2.34. The molecule has 1 fully saturated rings. The van der Waals surface area contributed by atoms with Crippen LogP contribution in [0.25, 0.3) is 0 Å². The highest BCUT2D eigenvalue weighted by Gasteiger charge is 2.46. The molecule has 0 aromatic rings. The Morgan fingerprint density at radius 1 is 1.50 bits per heavy atom. The largest absolute Gasteiger partial charge is 0.460 e. The molecule has 0 aliphatic carbocycles. The third kappa shape index (κ3) is 3.19. The Hall–Kier alpha value is -0.610. The lowest BCUT2D eigenvalue weighted by Gasteiger charge is -2.40. The first-order valence-corrected chi connectivity index (χ1v) is 5.73. The molecule has 0 aromatic carbocycles. The Morgan fingerprint density at radius 3 is 2.50 bits per heavy atom. The van der Waals surface area contributed by atoms with E-state index in [1.165, 1.54) is 6.92 Å². The average molecular weight is 230 g/mol. The first-order valence-electron chi connectivity index (χ1n) is 5.73. The quantitative estimate of drug-likeness (QED) is 0.697. The Balaban J connectivity index is 2.79. The van der Waals surface area contributed by atoms with Gasteiger partial charge in [0.05, 0.1) is 6.61 Å². The minimum Gasteiger partial charge on any atom is -0.460 e. The molecule has 0 saturated carbocycles.